The smallest absolute Gasteiger partial charge is 0.268 e. The fraction of sp³-hybridized carbons (Fsp3) is 0.688. The molecule has 0 aliphatic heterocycles. The molecule has 1 aromatic heterocycles. The van der Waals surface area contributed by atoms with E-state index in [2.05, 4.69) is 19.2 Å². The van der Waals surface area contributed by atoms with Gasteiger partial charge in [-0.15, -0.1) is 0 Å². The van der Waals surface area contributed by atoms with E-state index in [-0.39, 0.29) is 5.91 Å². The maximum absolute atomic E-state index is 12.2. The van der Waals surface area contributed by atoms with E-state index < -0.39 is 5.60 Å². The number of rotatable bonds is 4. The number of carbonyl (C=O) groups is 1. The molecule has 4 nitrogen and oxygen atoms in total. The summed E-state index contributed by atoms with van der Waals surface area (Å²) in [6.07, 6.45) is 5.42. The molecule has 0 atom stereocenters. The van der Waals surface area contributed by atoms with Crippen molar-refractivity contribution < 1.29 is 9.90 Å². The standard InChI is InChI=1S/C16H26N2O2/c1-4-18-11-5-6-13(18)14(19)17-12-16(20)9-7-15(2,3)8-10-16/h5-6,11,20H,4,7-10,12H2,1-3H3,(H,17,19). The normalized spacial score (nSPS) is 20.6. The summed E-state index contributed by atoms with van der Waals surface area (Å²) >= 11 is 0. The van der Waals surface area contributed by atoms with Crippen LogP contribution in [0, 0.1) is 5.41 Å². The molecule has 2 N–H and O–H groups in total. The van der Waals surface area contributed by atoms with Crippen molar-refractivity contribution in [3.8, 4) is 0 Å². The average Bonchev–Trinajstić information content (AvgIpc) is 2.89. The van der Waals surface area contributed by atoms with Crippen molar-refractivity contribution in [3.63, 3.8) is 0 Å². The molecule has 1 amide bonds. The minimum Gasteiger partial charge on any atom is -0.388 e. The molecule has 1 saturated carbocycles. The van der Waals surface area contributed by atoms with Crippen LogP contribution in [-0.2, 0) is 6.54 Å². The highest BCUT2D eigenvalue weighted by atomic mass is 16.3. The molecule has 20 heavy (non-hydrogen) atoms. The lowest BCUT2D eigenvalue weighted by Crippen LogP contribution is -2.46. The van der Waals surface area contributed by atoms with Crippen LogP contribution in [0.1, 0.15) is 56.9 Å². The van der Waals surface area contributed by atoms with Gasteiger partial charge in [0.25, 0.3) is 5.91 Å². The molecule has 1 heterocycles. The number of aliphatic hydroxyl groups is 1. The van der Waals surface area contributed by atoms with E-state index in [1.165, 1.54) is 0 Å². The number of carbonyl (C=O) groups excluding carboxylic acids is 1. The molecule has 1 aliphatic rings. The first kappa shape index (κ1) is 15.1. The Morgan fingerprint density at radius 2 is 2.00 bits per heavy atom. The van der Waals surface area contributed by atoms with E-state index in [4.69, 9.17) is 0 Å². The highest BCUT2D eigenvalue weighted by Crippen LogP contribution is 2.39. The van der Waals surface area contributed by atoms with Gasteiger partial charge in [-0.3, -0.25) is 4.79 Å². The Morgan fingerprint density at radius 1 is 1.35 bits per heavy atom. The minimum absolute atomic E-state index is 0.102. The van der Waals surface area contributed by atoms with E-state index in [0.29, 0.717) is 17.7 Å². The molecule has 2 rings (SSSR count). The van der Waals surface area contributed by atoms with Crippen LogP contribution in [0.5, 0.6) is 0 Å². The molecule has 112 valence electrons. The van der Waals surface area contributed by atoms with Gasteiger partial charge in [0.15, 0.2) is 0 Å². The second kappa shape index (κ2) is 5.60. The molecule has 1 aromatic rings. The van der Waals surface area contributed by atoms with Crippen molar-refractivity contribution in [1.29, 1.82) is 0 Å². The lowest BCUT2D eigenvalue weighted by Gasteiger charge is -2.40. The zero-order chi connectivity index (χ0) is 14.8. The summed E-state index contributed by atoms with van der Waals surface area (Å²) in [4.78, 5) is 12.2. The molecule has 0 bridgehead atoms. The topological polar surface area (TPSA) is 54.3 Å². The van der Waals surface area contributed by atoms with Gasteiger partial charge in [-0.1, -0.05) is 13.8 Å². The lowest BCUT2D eigenvalue weighted by molar-refractivity contribution is -0.0233. The van der Waals surface area contributed by atoms with Crippen LogP contribution in [0.25, 0.3) is 0 Å². The number of hydrogen-bond donors (Lipinski definition) is 2. The first-order valence-corrected chi connectivity index (χ1v) is 7.51. The van der Waals surface area contributed by atoms with Crippen LogP contribution in [0.15, 0.2) is 18.3 Å². The van der Waals surface area contributed by atoms with Gasteiger partial charge in [-0.2, -0.15) is 0 Å². The zero-order valence-corrected chi connectivity index (χ0v) is 12.8. The maximum Gasteiger partial charge on any atom is 0.268 e. The van der Waals surface area contributed by atoms with E-state index in [0.717, 1.165) is 32.2 Å². The second-order valence-corrected chi connectivity index (χ2v) is 6.75. The number of nitrogens with zero attached hydrogens (tertiary/aromatic N) is 1. The molecule has 4 heteroatoms. The Balaban J connectivity index is 1.91. The van der Waals surface area contributed by atoms with Crippen LogP contribution in [0.2, 0.25) is 0 Å². The first-order chi connectivity index (χ1) is 9.35. The van der Waals surface area contributed by atoms with Crippen molar-refractivity contribution in [2.24, 2.45) is 5.41 Å². The Labute approximate surface area is 121 Å². The Hall–Kier alpha value is -1.29. The van der Waals surface area contributed by atoms with E-state index in [1.807, 2.05) is 29.8 Å². The van der Waals surface area contributed by atoms with E-state index >= 15 is 0 Å². The average molecular weight is 278 g/mol. The zero-order valence-electron chi connectivity index (χ0n) is 12.8. The SMILES string of the molecule is CCn1cccc1C(=O)NCC1(O)CCC(C)(C)CC1. The van der Waals surface area contributed by atoms with Gasteiger partial charge in [0.1, 0.15) is 5.69 Å². The van der Waals surface area contributed by atoms with Crippen LogP contribution in [0.3, 0.4) is 0 Å². The lowest BCUT2D eigenvalue weighted by atomic mass is 9.71. The van der Waals surface area contributed by atoms with Gasteiger partial charge in [-0.05, 0) is 50.2 Å². The summed E-state index contributed by atoms with van der Waals surface area (Å²) < 4.78 is 1.91. The maximum atomic E-state index is 12.2. The Morgan fingerprint density at radius 3 is 2.60 bits per heavy atom. The van der Waals surface area contributed by atoms with Gasteiger partial charge < -0.3 is 15.0 Å². The molecule has 0 radical (unpaired) electrons. The molecule has 0 spiro atoms. The van der Waals surface area contributed by atoms with Gasteiger partial charge in [0.2, 0.25) is 0 Å². The predicted octanol–water partition coefficient (Wildman–Crippen LogP) is 2.57. The third-order valence-electron chi connectivity index (χ3n) is 4.52. The summed E-state index contributed by atoms with van der Waals surface area (Å²) in [6, 6.07) is 3.68. The van der Waals surface area contributed by atoms with Crippen LogP contribution in [0.4, 0.5) is 0 Å². The highest BCUT2D eigenvalue weighted by Gasteiger charge is 2.36. The molecule has 1 aliphatic carbocycles. The van der Waals surface area contributed by atoms with Gasteiger partial charge in [0, 0.05) is 19.3 Å². The Kier molecular flexibility index (Phi) is 4.23. The fourth-order valence-electron chi connectivity index (χ4n) is 2.80. The van der Waals surface area contributed by atoms with Crippen molar-refractivity contribution >= 4 is 5.91 Å². The summed E-state index contributed by atoms with van der Waals surface area (Å²) in [5, 5.41) is 13.4. The number of hydrogen-bond acceptors (Lipinski definition) is 2. The van der Waals surface area contributed by atoms with Gasteiger partial charge >= 0.3 is 0 Å². The quantitative estimate of drug-likeness (QED) is 0.889. The van der Waals surface area contributed by atoms with Gasteiger partial charge in [0.05, 0.1) is 5.60 Å². The summed E-state index contributed by atoms with van der Waals surface area (Å²) in [5.41, 5.74) is 0.231. The van der Waals surface area contributed by atoms with E-state index in [9.17, 15) is 9.90 Å². The molecular weight excluding hydrogens is 252 g/mol. The largest absolute Gasteiger partial charge is 0.388 e. The van der Waals surface area contributed by atoms with Crippen LogP contribution < -0.4 is 5.32 Å². The molecule has 0 saturated heterocycles. The molecule has 1 fully saturated rings. The summed E-state index contributed by atoms with van der Waals surface area (Å²) in [7, 11) is 0. The van der Waals surface area contributed by atoms with Crippen molar-refractivity contribution in [2.75, 3.05) is 6.54 Å². The predicted molar refractivity (Wildman–Crippen MR) is 79.6 cm³/mol. The second-order valence-electron chi connectivity index (χ2n) is 6.75. The first-order valence-electron chi connectivity index (χ1n) is 7.51. The monoisotopic (exact) mass is 278 g/mol. The van der Waals surface area contributed by atoms with E-state index in [1.54, 1.807) is 0 Å². The third-order valence-corrected chi connectivity index (χ3v) is 4.52. The molecule has 0 aromatic carbocycles. The minimum atomic E-state index is -0.741. The van der Waals surface area contributed by atoms with Crippen molar-refractivity contribution in [3.05, 3.63) is 24.0 Å². The van der Waals surface area contributed by atoms with Crippen molar-refractivity contribution in [2.45, 2.75) is 58.6 Å². The number of nitrogens with one attached hydrogen (secondary N) is 1. The summed E-state index contributed by atoms with van der Waals surface area (Å²) in [5.74, 6) is -0.102. The molecule has 0 unspecified atom stereocenters. The van der Waals surface area contributed by atoms with Gasteiger partial charge in [-0.25, -0.2) is 0 Å². The Bertz CT molecular complexity index is 467. The number of aromatic nitrogens is 1. The van der Waals surface area contributed by atoms with Crippen molar-refractivity contribution in [1.82, 2.24) is 9.88 Å². The highest BCUT2D eigenvalue weighted by molar-refractivity contribution is 5.92. The third kappa shape index (κ3) is 3.42. The number of amides is 1. The van der Waals surface area contributed by atoms with Crippen LogP contribution >= 0.6 is 0 Å². The summed E-state index contributed by atoms with van der Waals surface area (Å²) in [6.45, 7) is 7.59. The fourth-order valence-corrected chi connectivity index (χ4v) is 2.80. The number of aryl methyl sites for hydroxylation is 1. The van der Waals surface area contributed by atoms with Crippen LogP contribution in [-0.4, -0.2) is 27.7 Å². The molecular formula is C16H26N2O2.